The largest absolute Gasteiger partial charge is 0.493 e. The Balaban J connectivity index is 2.17. The summed E-state index contributed by atoms with van der Waals surface area (Å²) < 4.78 is 25.0. The van der Waals surface area contributed by atoms with Crippen LogP contribution in [-0.2, 0) is 16.1 Å². The molecule has 0 aliphatic heterocycles. The third kappa shape index (κ3) is 6.20. The van der Waals surface area contributed by atoms with E-state index in [0.717, 1.165) is 6.42 Å². The highest BCUT2D eigenvalue weighted by atomic mass is 19.1. The number of carbonyl (C=O) groups excluding carboxylic acids is 2. The van der Waals surface area contributed by atoms with Crippen LogP contribution in [0.25, 0.3) is 0 Å². The summed E-state index contributed by atoms with van der Waals surface area (Å²) in [6.45, 7) is 3.71. The molecule has 0 unspecified atom stereocenters. The summed E-state index contributed by atoms with van der Waals surface area (Å²) >= 11 is 0. The Bertz CT molecular complexity index is 828. The van der Waals surface area contributed by atoms with Crippen LogP contribution < -0.4 is 14.8 Å². The van der Waals surface area contributed by atoms with Gasteiger partial charge in [-0.15, -0.1) is 0 Å². The molecule has 2 amide bonds. The standard InChI is InChI=1S/C22H27FN2O4/c1-4-13-24-22(27)16(2)25(14-17-9-5-6-10-18(17)23)21(26)15-29-20-12-8-7-11-19(20)28-3/h5-12,16H,4,13-15H2,1-3H3,(H,24,27)/t16-/m1/s1. The van der Waals surface area contributed by atoms with Gasteiger partial charge in [-0.3, -0.25) is 9.59 Å². The quantitative estimate of drug-likeness (QED) is 0.663. The molecule has 1 atom stereocenters. The predicted octanol–water partition coefficient (Wildman–Crippen LogP) is 3.16. The number of nitrogens with zero attached hydrogens (tertiary/aromatic N) is 1. The molecule has 1 N–H and O–H groups in total. The Labute approximate surface area is 170 Å². The monoisotopic (exact) mass is 402 g/mol. The molecule has 0 radical (unpaired) electrons. The van der Waals surface area contributed by atoms with Crippen LogP contribution >= 0.6 is 0 Å². The fourth-order valence-corrected chi connectivity index (χ4v) is 2.75. The van der Waals surface area contributed by atoms with Crippen molar-refractivity contribution >= 4 is 11.8 Å². The summed E-state index contributed by atoms with van der Waals surface area (Å²) in [4.78, 5) is 26.7. The van der Waals surface area contributed by atoms with E-state index < -0.39 is 17.8 Å². The van der Waals surface area contributed by atoms with Crippen molar-refractivity contribution in [3.63, 3.8) is 0 Å². The number of ether oxygens (including phenoxy) is 2. The number of rotatable bonds is 10. The molecule has 2 rings (SSSR count). The average molecular weight is 402 g/mol. The molecule has 0 aliphatic rings. The first kappa shape index (κ1) is 22.2. The van der Waals surface area contributed by atoms with E-state index >= 15 is 0 Å². The lowest BCUT2D eigenvalue weighted by Crippen LogP contribution is -2.49. The summed E-state index contributed by atoms with van der Waals surface area (Å²) in [6.07, 6.45) is 0.774. The van der Waals surface area contributed by atoms with Gasteiger partial charge in [0.2, 0.25) is 5.91 Å². The van der Waals surface area contributed by atoms with E-state index in [2.05, 4.69) is 5.32 Å². The van der Waals surface area contributed by atoms with Gasteiger partial charge >= 0.3 is 0 Å². The van der Waals surface area contributed by atoms with Crippen LogP contribution in [0.4, 0.5) is 4.39 Å². The smallest absolute Gasteiger partial charge is 0.261 e. The third-order valence-electron chi connectivity index (χ3n) is 4.44. The van der Waals surface area contributed by atoms with Crippen molar-refractivity contribution < 1.29 is 23.5 Å². The van der Waals surface area contributed by atoms with Crippen molar-refractivity contribution in [2.24, 2.45) is 0 Å². The summed E-state index contributed by atoms with van der Waals surface area (Å²) in [5.74, 6) is -0.253. The third-order valence-corrected chi connectivity index (χ3v) is 4.44. The second-order valence-electron chi connectivity index (χ2n) is 6.52. The lowest BCUT2D eigenvalue weighted by Gasteiger charge is -2.29. The van der Waals surface area contributed by atoms with Gasteiger partial charge in [-0.2, -0.15) is 0 Å². The molecule has 0 spiro atoms. The number of methoxy groups -OCH3 is 1. The summed E-state index contributed by atoms with van der Waals surface area (Å²) in [6, 6.07) is 12.4. The Morgan fingerprint density at radius 2 is 1.76 bits per heavy atom. The SMILES string of the molecule is CCCNC(=O)[C@@H](C)N(Cc1ccccc1F)C(=O)COc1ccccc1OC. The number of hydrogen-bond donors (Lipinski definition) is 1. The van der Waals surface area contributed by atoms with Crippen molar-refractivity contribution in [1.29, 1.82) is 0 Å². The summed E-state index contributed by atoms with van der Waals surface area (Å²) in [7, 11) is 1.51. The minimum atomic E-state index is -0.782. The van der Waals surface area contributed by atoms with E-state index in [1.807, 2.05) is 6.92 Å². The average Bonchev–Trinajstić information content (AvgIpc) is 2.74. The fraction of sp³-hybridized carbons (Fsp3) is 0.364. The zero-order valence-corrected chi connectivity index (χ0v) is 17.0. The highest BCUT2D eigenvalue weighted by molar-refractivity contribution is 5.88. The Hall–Kier alpha value is -3.09. The van der Waals surface area contributed by atoms with Gasteiger partial charge in [0.05, 0.1) is 7.11 Å². The highest BCUT2D eigenvalue weighted by Crippen LogP contribution is 2.26. The zero-order chi connectivity index (χ0) is 21.2. The van der Waals surface area contributed by atoms with E-state index in [-0.39, 0.29) is 19.1 Å². The van der Waals surface area contributed by atoms with Crippen molar-refractivity contribution in [3.05, 3.63) is 59.9 Å². The molecule has 0 saturated carbocycles. The Kier molecular flexibility index (Phi) is 8.45. The van der Waals surface area contributed by atoms with Crippen molar-refractivity contribution in [3.8, 4) is 11.5 Å². The summed E-state index contributed by atoms with van der Waals surface area (Å²) in [5, 5.41) is 2.77. The van der Waals surface area contributed by atoms with Crippen molar-refractivity contribution in [1.82, 2.24) is 10.2 Å². The van der Waals surface area contributed by atoms with Gasteiger partial charge in [-0.1, -0.05) is 37.3 Å². The maximum Gasteiger partial charge on any atom is 0.261 e. The van der Waals surface area contributed by atoms with Gasteiger partial charge in [0.1, 0.15) is 11.9 Å². The number of amides is 2. The maximum absolute atomic E-state index is 14.1. The Morgan fingerprint density at radius 3 is 2.41 bits per heavy atom. The molecular formula is C22H27FN2O4. The normalized spacial score (nSPS) is 11.4. The van der Waals surface area contributed by atoms with Gasteiger partial charge in [-0.25, -0.2) is 4.39 Å². The number of benzene rings is 2. The van der Waals surface area contributed by atoms with Crippen molar-refractivity contribution in [2.75, 3.05) is 20.3 Å². The van der Waals surface area contributed by atoms with E-state index in [0.29, 0.717) is 23.6 Å². The molecule has 2 aromatic rings. The van der Waals surface area contributed by atoms with Gasteiger partial charge in [-0.05, 0) is 31.5 Å². The predicted molar refractivity (Wildman–Crippen MR) is 108 cm³/mol. The van der Waals surface area contributed by atoms with Crippen molar-refractivity contribution in [2.45, 2.75) is 32.9 Å². The van der Waals surface area contributed by atoms with Crippen LogP contribution in [0.2, 0.25) is 0 Å². The van der Waals surface area contributed by atoms with Crippen LogP contribution in [0.3, 0.4) is 0 Å². The minimum Gasteiger partial charge on any atom is -0.493 e. The van der Waals surface area contributed by atoms with E-state index in [1.54, 1.807) is 49.4 Å². The van der Waals surface area contributed by atoms with Crippen LogP contribution in [0, 0.1) is 5.82 Å². The first-order valence-electron chi connectivity index (χ1n) is 9.54. The zero-order valence-electron chi connectivity index (χ0n) is 17.0. The van der Waals surface area contributed by atoms with E-state index in [9.17, 15) is 14.0 Å². The van der Waals surface area contributed by atoms with Gasteiger partial charge in [0.25, 0.3) is 5.91 Å². The molecule has 0 heterocycles. The number of hydrogen-bond acceptors (Lipinski definition) is 4. The maximum atomic E-state index is 14.1. The Morgan fingerprint density at radius 1 is 1.10 bits per heavy atom. The molecule has 0 aromatic heterocycles. The topological polar surface area (TPSA) is 67.9 Å². The fourth-order valence-electron chi connectivity index (χ4n) is 2.75. The molecule has 156 valence electrons. The first-order chi connectivity index (χ1) is 14.0. The lowest BCUT2D eigenvalue weighted by molar-refractivity contribution is -0.142. The molecule has 6 nitrogen and oxygen atoms in total. The molecule has 0 bridgehead atoms. The van der Waals surface area contributed by atoms with Gasteiger partial charge in [0.15, 0.2) is 18.1 Å². The number of nitrogens with one attached hydrogen (secondary N) is 1. The number of para-hydroxylation sites is 2. The summed E-state index contributed by atoms with van der Waals surface area (Å²) in [5.41, 5.74) is 0.327. The lowest BCUT2D eigenvalue weighted by atomic mass is 10.1. The molecule has 29 heavy (non-hydrogen) atoms. The molecule has 2 aromatic carbocycles. The molecule has 0 aliphatic carbocycles. The molecule has 0 fully saturated rings. The molecular weight excluding hydrogens is 375 g/mol. The second-order valence-corrected chi connectivity index (χ2v) is 6.52. The van der Waals surface area contributed by atoms with E-state index in [4.69, 9.17) is 9.47 Å². The van der Waals surface area contributed by atoms with Crippen LogP contribution in [0.5, 0.6) is 11.5 Å². The van der Waals surface area contributed by atoms with Gasteiger partial charge in [0, 0.05) is 18.7 Å². The second kappa shape index (κ2) is 11.0. The molecule has 7 heteroatoms. The van der Waals surface area contributed by atoms with Gasteiger partial charge < -0.3 is 19.7 Å². The number of carbonyl (C=O) groups is 2. The first-order valence-corrected chi connectivity index (χ1v) is 9.54. The highest BCUT2D eigenvalue weighted by Gasteiger charge is 2.27. The van der Waals surface area contributed by atoms with E-state index in [1.165, 1.54) is 18.1 Å². The van der Waals surface area contributed by atoms with Crippen LogP contribution in [-0.4, -0.2) is 43.0 Å². The minimum absolute atomic E-state index is 0.0402. The van der Waals surface area contributed by atoms with Crippen LogP contribution in [0.15, 0.2) is 48.5 Å². The number of halogens is 1. The van der Waals surface area contributed by atoms with Crippen LogP contribution in [0.1, 0.15) is 25.8 Å². The molecule has 0 saturated heterocycles.